The molecular formula is C17H17FN2O3. The Labute approximate surface area is 133 Å². The molecule has 0 aliphatic heterocycles. The van der Waals surface area contributed by atoms with Crippen molar-refractivity contribution in [3.05, 3.63) is 65.0 Å². The van der Waals surface area contributed by atoms with Crippen molar-refractivity contribution in [2.45, 2.75) is 13.8 Å². The zero-order chi connectivity index (χ0) is 16.8. The van der Waals surface area contributed by atoms with Crippen LogP contribution < -0.4 is 15.6 Å². The second-order valence-corrected chi connectivity index (χ2v) is 5.07. The second-order valence-electron chi connectivity index (χ2n) is 5.07. The third kappa shape index (κ3) is 4.81. The molecule has 0 bridgehead atoms. The fraction of sp³-hybridized carbons (Fsp3) is 0.176. The zero-order valence-corrected chi connectivity index (χ0v) is 12.9. The van der Waals surface area contributed by atoms with Crippen molar-refractivity contribution in [1.29, 1.82) is 0 Å². The molecule has 0 aliphatic rings. The molecule has 0 saturated carbocycles. The Kier molecular flexibility index (Phi) is 5.30. The van der Waals surface area contributed by atoms with E-state index < -0.39 is 17.6 Å². The van der Waals surface area contributed by atoms with E-state index in [1.807, 2.05) is 26.0 Å². The number of ether oxygens (including phenoxy) is 1. The van der Waals surface area contributed by atoms with Crippen molar-refractivity contribution in [3.63, 3.8) is 0 Å². The van der Waals surface area contributed by atoms with Gasteiger partial charge in [0.2, 0.25) is 0 Å². The lowest BCUT2D eigenvalue weighted by molar-refractivity contribution is -0.123. The van der Waals surface area contributed by atoms with Gasteiger partial charge in [-0.25, -0.2) is 4.39 Å². The van der Waals surface area contributed by atoms with Crippen molar-refractivity contribution in [2.24, 2.45) is 0 Å². The van der Waals surface area contributed by atoms with Crippen molar-refractivity contribution in [3.8, 4) is 5.75 Å². The highest BCUT2D eigenvalue weighted by atomic mass is 19.1. The minimum absolute atomic E-state index is 0.112. The average Bonchev–Trinajstić information content (AvgIpc) is 2.51. The summed E-state index contributed by atoms with van der Waals surface area (Å²) < 4.78 is 18.4. The van der Waals surface area contributed by atoms with Crippen molar-refractivity contribution < 1.29 is 18.7 Å². The molecule has 0 unspecified atom stereocenters. The second kappa shape index (κ2) is 7.40. The Morgan fingerprint density at radius 3 is 2.57 bits per heavy atom. The number of carbonyl (C=O) groups excluding carboxylic acids is 2. The van der Waals surface area contributed by atoms with E-state index in [1.165, 1.54) is 18.2 Å². The summed E-state index contributed by atoms with van der Waals surface area (Å²) in [5.74, 6) is -1.05. The van der Waals surface area contributed by atoms with Crippen LogP contribution in [0.25, 0.3) is 0 Å². The van der Waals surface area contributed by atoms with Crippen LogP contribution in [-0.4, -0.2) is 18.4 Å². The van der Waals surface area contributed by atoms with Crippen LogP contribution >= 0.6 is 0 Å². The number of aryl methyl sites for hydroxylation is 2. The highest BCUT2D eigenvalue weighted by Crippen LogP contribution is 2.18. The van der Waals surface area contributed by atoms with Crippen LogP contribution in [0.1, 0.15) is 21.5 Å². The van der Waals surface area contributed by atoms with E-state index in [2.05, 4.69) is 10.9 Å². The first-order valence-corrected chi connectivity index (χ1v) is 7.00. The molecule has 0 radical (unpaired) electrons. The minimum Gasteiger partial charge on any atom is -0.483 e. The SMILES string of the molecule is Cc1ccc(OCC(=O)NNC(=O)c2cccc(F)c2)c(C)c1. The predicted molar refractivity (Wildman–Crippen MR) is 83.4 cm³/mol. The van der Waals surface area contributed by atoms with Crippen LogP contribution in [0.4, 0.5) is 4.39 Å². The highest BCUT2D eigenvalue weighted by Gasteiger charge is 2.09. The van der Waals surface area contributed by atoms with Gasteiger partial charge in [-0.1, -0.05) is 23.8 Å². The largest absolute Gasteiger partial charge is 0.483 e. The number of hydrogen-bond acceptors (Lipinski definition) is 3. The molecule has 2 rings (SSSR count). The van der Waals surface area contributed by atoms with E-state index in [9.17, 15) is 14.0 Å². The summed E-state index contributed by atoms with van der Waals surface area (Å²) in [6.07, 6.45) is 0. The Bertz CT molecular complexity index is 732. The quantitative estimate of drug-likeness (QED) is 0.851. The van der Waals surface area contributed by atoms with Crippen LogP contribution in [0.15, 0.2) is 42.5 Å². The van der Waals surface area contributed by atoms with Gasteiger partial charge in [0.1, 0.15) is 11.6 Å². The first-order chi connectivity index (χ1) is 11.0. The van der Waals surface area contributed by atoms with E-state index in [-0.39, 0.29) is 12.2 Å². The highest BCUT2D eigenvalue weighted by molar-refractivity contribution is 5.95. The zero-order valence-electron chi connectivity index (χ0n) is 12.9. The maximum absolute atomic E-state index is 13.0. The summed E-state index contributed by atoms with van der Waals surface area (Å²) in [6, 6.07) is 10.8. The first kappa shape index (κ1) is 16.5. The van der Waals surface area contributed by atoms with E-state index in [0.29, 0.717) is 5.75 Å². The smallest absolute Gasteiger partial charge is 0.276 e. The summed E-state index contributed by atoms with van der Waals surface area (Å²) >= 11 is 0. The van der Waals surface area contributed by atoms with Gasteiger partial charge in [-0.15, -0.1) is 0 Å². The van der Waals surface area contributed by atoms with Crippen LogP contribution in [0, 0.1) is 19.7 Å². The lowest BCUT2D eigenvalue weighted by Crippen LogP contribution is -2.43. The van der Waals surface area contributed by atoms with Crippen LogP contribution in [0.3, 0.4) is 0 Å². The van der Waals surface area contributed by atoms with Gasteiger partial charge in [0.15, 0.2) is 6.61 Å². The van der Waals surface area contributed by atoms with Crippen LogP contribution in [0.5, 0.6) is 5.75 Å². The Hall–Kier alpha value is -2.89. The summed E-state index contributed by atoms with van der Waals surface area (Å²) in [4.78, 5) is 23.4. The number of nitrogens with one attached hydrogen (secondary N) is 2. The van der Waals surface area contributed by atoms with Crippen LogP contribution in [-0.2, 0) is 4.79 Å². The van der Waals surface area contributed by atoms with E-state index in [0.717, 1.165) is 17.2 Å². The lowest BCUT2D eigenvalue weighted by atomic mass is 10.1. The molecule has 2 amide bonds. The first-order valence-electron chi connectivity index (χ1n) is 7.00. The van der Waals surface area contributed by atoms with Gasteiger partial charge >= 0.3 is 0 Å². The molecule has 5 nitrogen and oxygen atoms in total. The molecule has 0 fully saturated rings. The lowest BCUT2D eigenvalue weighted by Gasteiger charge is -2.11. The third-order valence-electron chi connectivity index (χ3n) is 3.09. The maximum Gasteiger partial charge on any atom is 0.276 e. The molecule has 0 saturated heterocycles. The Balaban J connectivity index is 1.82. The van der Waals surface area contributed by atoms with Gasteiger partial charge in [-0.05, 0) is 43.7 Å². The van der Waals surface area contributed by atoms with E-state index >= 15 is 0 Å². The van der Waals surface area contributed by atoms with Gasteiger partial charge in [0.25, 0.3) is 11.8 Å². The fourth-order valence-corrected chi connectivity index (χ4v) is 1.97. The predicted octanol–water partition coefficient (Wildman–Crippen LogP) is 2.28. The Morgan fingerprint density at radius 1 is 1.09 bits per heavy atom. The molecule has 0 aromatic heterocycles. The fourth-order valence-electron chi connectivity index (χ4n) is 1.97. The molecule has 2 N–H and O–H groups in total. The average molecular weight is 316 g/mol. The molecule has 2 aromatic carbocycles. The normalized spacial score (nSPS) is 10.0. The van der Waals surface area contributed by atoms with Gasteiger partial charge < -0.3 is 4.74 Å². The van der Waals surface area contributed by atoms with E-state index in [4.69, 9.17) is 4.74 Å². The maximum atomic E-state index is 13.0. The number of hydrogen-bond donors (Lipinski definition) is 2. The summed E-state index contributed by atoms with van der Waals surface area (Å²) in [5, 5.41) is 0. The molecule has 0 aliphatic carbocycles. The molecule has 0 atom stereocenters. The molecule has 6 heteroatoms. The number of benzene rings is 2. The van der Waals surface area contributed by atoms with Gasteiger partial charge in [0.05, 0.1) is 0 Å². The number of halogens is 1. The standard InChI is InChI=1S/C17H17FN2O3/c1-11-6-7-15(12(2)8-11)23-10-16(21)19-20-17(22)13-4-3-5-14(18)9-13/h3-9H,10H2,1-2H3,(H,19,21)(H,20,22). The summed E-state index contributed by atoms with van der Waals surface area (Å²) in [6.45, 7) is 3.60. The number of amides is 2. The molecule has 2 aromatic rings. The summed E-state index contributed by atoms with van der Waals surface area (Å²) in [7, 11) is 0. The summed E-state index contributed by atoms with van der Waals surface area (Å²) in [5.41, 5.74) is 6.54. The molecule has 120 valence electrons. The van der Waals surface area contributed by atoms with E-state index in [1.54, 1.807) is 6.07 Å². The van der Waals surface area contributed by atoms with Crippen molar-refractivity contribution >= 4 is 11.8 Å². The minimum atomic E-state index is -0.607. The molecule has 0 heterocycles. The molecular weight excluding hydrogens is 299 g/mol. The number of carbonyl (C=O) groups is 2. The number of rotatable bonds is 4. The van der Waals surface area contributed by atoms with Crippen molar-refractivity contribution in [1.82, 2.24) is 10.9 Å². The van der Waals surface area contributed by atoms with Crippen LogP contribution in [0.2, 0.25) is 0 Å². The third-order valence-corrected chi connectivity index (χ3v) is 3.09. The van der Waals surface area contributed by atoms with Gasteiger partial charge in [-0.3, -0.25) is 20.4 Å². The molecule has 0 spiro atoms. The topological polar surface area (TPSA) is 67.4 Å². The van der Waals surface area contributed by atoms with Crippen molar-refractivity contribution in [2.75, 3.05) is 6.61 Å². The monoisotopic (exact) mass is 316 g/mol. The molecule has 23 heavy (non-hydrogen) atoms. The van der Waals surface area contributed by atoms with Gasteiger partial charge in [-0.2, -0.15) is 0 Å². The number of hydrazine groups is 1. The van der Waals surface area contributed by atoms with Gasteiger partial charge in [0, 0.05) is 5.56 Å². The Morgan fingerprint density at radius 2 is 1.87 bits per heavy atom.